The van der Waals surface area contributed by atoms with E-state index >= 15 is 0 Å². The molecule has 0 spiro atoms. The number of aromatic carboxylic acids is 2. The van der Waals surface area contributed by atoms with E-state index in [1.807, 2.05) is 0 Å². The van der Waals surface area contributed by atoms with E-state index in [-0.39, 0.29) is 11.1 Å². The van der Waals surface area contributed by atoms with Crippen molar-refractivity contribution >= 4 is 48.1 Å². The van der Waals surface area contributed by atoms with Crippen LogP contribution < -0.4 is 0 Å². The summed E-state index contributed by atoms with van der Waals surface area (Å²) in [6, 6.07) is 13.2. The number of rotatable bonds is 29. The second kappa shape index (κ2) is 34.0. The molecule has 2 N–H and O–H groups in total. The molecule has 2 aromatic rings. The fraction of sp³-hybridized carbons (Fsp3) is 0.696. The van der Waals surface area contributed by atoms with Gasteiger partial charge in [0.1, 0.15) is 0 Å². The van der Waals surface area contributed by atoms with Crippen molar-refractivity contribution < 1.29 is 19.8 Å². The number of carboxylic acid groups (broad SMARTS) is 2. The van der Waals surface area contributed by atoms with Gasteiger partial charge in [0.25, 0.3) is 0 Å². The van der Waals surface area contributed by atoms with Crippen LogP contribution in [0.4, 0.5) is 0 Å². The molecule has 2 aromatic carbocycles. The Bertz CT molecular complexity index is 1020. The smallest absolute Gasteiger partial charge is 0.335 e. The van der Waals surface area contributed by atoms with Crippen molar-refractivity contribution in [1.82, 2.24) is 0 Å². The predicted octanol–water partition coefficient (Wildman–Crippen LogP) is 15.8. The summed E-state index contributed by atoms with van der Waals surface area (Å²) in [5, 5.41) is 17.6. The average Bonchev–Trinajstić information content (AvgIpc) is 3.19. The molecule has 0 aliphatic rings. The summed E-state index contributed by atoms with van der Waals surface area (Å²) in [5.41, 5.74) is 0.510. The maximum absolute atomic E-state index is 10.7. The summed E-state index contributed by atoms with van der Waals surface area (Å²) in [6.07, 6.45) is 36.3. The van der Waals surface area contributed by atoms with Crippen LogP contribution in [0, 0.1) is 0 Å². The van der Waals surface area contributed by atoms with E-state index in [4.69, 9.17) is 10.2 Å². The van der Waals surface area contributed by atoms with Gasteiger partial charge in [-0.25, -0.2) is 9.59 Å². The van der Waals surface area contributed by atoms with E-state index in [2.05, 4.69) is 55.4 Å². The van der Waals surface area contributed by atoms with Gasteiger partial charge in [0, 0.05) is 9.79 Å². The van der Waals surface area contributed by atoms with Gasteiger partial charge >= 0.3 is 234 Å². The van der Waals surface area contributed by atoms with Crippen LogP contribution in [0.25, 0.3) is 0 Å². The van der Waals surface area contributed by atoms with Crippen LogP contribution in [0.3, 0.4) is 0 Å². The summed E-state index contributed by atoms with van der Waals surface area (Å²) < 4.78 is 0. The van der Waals surface area contributed by atoms with Crippen molar-refractivity contribution in [3.05, 3.63) is 59.7 Å². The predicted molar refractivity (Wildman–Crippen MR) is 253 cm³/mol. The molecule has 0 bridgehead atoms. The van der Waals surface area contributed by atoms with E-state index in [9.17, 15) is 9.59 Å². The van der Waals surface area contributed by atoms with Crippen LogP contribution in [0.1, 0.15) is 179 Å². The van der Waals surface area contributed by atoms with Gasteiger partial charge in [-0.05, 0) is 48.5 Å². The number of carboxylic acids is 2. The maximum atomic E-state index is 10.7. The fourth-order valence-electron chi connectivity index (χ4n) is 7.32. The van der Waals surface area contributed by atoms with Crippen molar-refractivity contribution in [3.63, 3.8) is 0 Å². The van der Waals surface area contributed by atoms with Crippen molar-refractivity contribution in [2.45, 2.75) is 168 Å². The van der Waals surface area contributed by atoms with Gasteiger partial charge in [0.2, 0.25) is 0 Å². The van der Waals surface area contributed by atoms with E-state index in [1.54, 1.807) is 97.8 Å². The van der Waals surface area contributed by atoms with Gasteiger partial charge in [-0.1, -0.05) is 21.6 Å². The Kier molecular flexibility index (Phi) is 33.4. The molecule has 0 saturated heterocycles. The molecule has 2 rings (SSSR count). The summed E-state index contributed by atoms with van der Waals surface area (Å²) in [7, 11) is 1.21. The van der Waals surface area contributed by atoms with Gasteiger partial charge in [-0.15, -0.1) is 0 Å². The molecule has 8 heteroatoms. The molecule has 0 aliphatic heterocycles. The standard InChI is InChI=1S/2C16H37P.C14H10O4S2/c2*1-5-9-13-17(14-10-6-2,15-11-7-3)16-12-8-4;15-13(16)9-1-5-11(6-2-9)19-20-12-7-3-10(4-8-12)14(17)18/h2*17H,5-16H2,1-4H3;1-8H,(H,15,16)(H,17,18). The Morgan fingerprint density at radius 1 is 0.389 bits per heavy atom. The zero-order valence-electron chi connectivity index (χ0n) is 36.1. The second-order valence-corrected chi connectivity index (χ2v) is 27.9. The molecule has 0 atom stereocenters. The van der Waals surface area contributed by atoms with E-state index in [0.29, 0.717) is 0 Å². The third kappa shape index (κ3) is 24.5. The fourth-order valence-corrected chi connectivity index (χ4v) is 21.1. The molecule has 0 aromatic heterocycles. The van der Waals surface area contributed by atoms with E-state index < -0.39 is 26.5 Å². The van der Waals surface area contributed by atoms with E-state index in [1.165, 1.54) is 124 Å². The summed E-state index contributed by atoms with van der Waals surface area (Å²) >= 11 is 0. The minimum absolute atomic E-state index is 0.255. The number of carbonyl (C=O) groups is 2. The third-order valence-corrected chi connectivity index (χ3v) is 24.7. The SMILES string of the molecule is CCCC[PH](CCCC)(CCCC)CCCC.CCCC[PH](CCCC)(CCCC)CCCC.O=C(O)c1ccc(SSc2ccc(C(=O)O)cc2)cc1. The number of hydrogen-bond acceptors (Lipinski definition) is 4. The summed E-state index contributed by atoms with van der Waals surface area (Å²) in [4.78, 5) is 23.3. The molecular formula is C46H84O4P2S2. The van der Waals surface area contributed by atoms with Crippen LogP contribution in [0.15, 0.2) is 58.3 Å². The number of benzene rings is 2. The first kappa shape index (κ1) is 52.9. The topological polar surface area (TPSA) is 74.6 Å². The van der Waals surface area contributed by atoms with Crippen molar-refractivity contribution in [1.29, 1.82) is 0 Å². The van der Waals surface area contributed by atoms with Gasteiger partial charge in [-0.3, -0.25) is 0 Å². The first-order valence-corrected chi connectivity index (χ1v) is 29.9. The van der Waals surface area contributed by atoms with E-state index in [0.717, 1.165) is 9.79 Å². The summed E-state index contributed by atoms with van der Waals surface area (Å²) in [6.45, 7) is 18.9. The Labute approximate surface area is 343 Å². The van der Waals surface area contributed by atoms with Crippen LogP contribution in [-0.2, 0) is 0 Å². The van der Waals surface area contributed by atoms with Crippen molar-refractivity contribution in [3.8, 4) is 0 Å². The normalized spacial score (nSPS) is 11.9. The van der Waals surface area contributed by atoms with Crippen LogP contribution in [-0.4, -0.2) is 71.4 Å². The minimum Gasteiger partial charge on any atom is -0.478 e. The molecular weight excluding hydrogens is 743 g/mol. The van der Waals surface area contributed by atoms with Crippen molar-refractivity contribution in [2.24, 2.45) is 0 Å². The molecule has 0 saturated carbocycles. The van der Waals surface area contributed by atoms with Crippen LogP contribution >= 0.6 is 36.1 Å². The minimum atomic E-state index is -0.946. The third-order valence-electron chi connectivity index (χ3n) is 10.9. The van der Waals surface area contributed by atoms with Gasteiger partial charge in [-0.2, -0.15) is 0 Å². The Hall–Kier alpha value is -1.06. The second-order valence-electron chi connectivity index (χ2n) is 15.7. The quantitative estimate of drug-likeness (QED) is 0.0629. The molecule has 0 aliphatic carbocycles. The first-order chi connectivity index (χ1) is 26.0. The first-order valence-electron chi connectivity index (χ1n) is 22.1. The molecule has 0 radical (unpaired) electrons. The van der Waals surface area contributed by atoms with Gasteiger partial charge in [0.15, 0.2) is 0 Å². The zero-order valence-corrected chi connectivity index (χ0v) is 39.7. The largest absolute Gasteiger partial charge is 0.478 e. The molecule has 0 unspecified atom stereocenters. The summed E-state index contributed by atoms with van der Waals surface area (Å²) in [5.74, 6) is -1.89. The Morgan fingerprint density at radius 2 is 0.574 bits per heavy atom. The molecule has 54 heavy (non-hydrogen) atoms. The molecule has 0 amide bonds. The monoisotopic (exact) mass is 827 g/mol. The van der Waals surface area contributed by atoms with Gasteiger partial charge < -0.3 is 10.2 Å². The molecule has 314 valence electrons. The zero-order chi connectivity index (χ0) is 40.5. The molecule has 0 fully saturated rings. The molecule has 4 nitrogen and oxygen atoms in total. The Morgan fingerprint density at radius 3 is 0.722 bits per heavy atom. The van der Waals surface area contributed by atoms with Crippen LogP contribution in [0.5, 0.6) is 0 Å². The molecule has 0 heterocycles. The van der Waals surface area contributed by atoms with Crippen molar-refractivity contribution in [2.75, 3.05) is 49.3 Å². The van der Waals surface area contributed by atoms with Crippen LogP contribution in [0.2, 0.25) is 0 Å². The maximum Gasteiger partial charge on any atom is 0.335 e. The number of unbranched alkanes of at least 4 members (excludes halogenated alkanes) is 8. The number of hydrogen-bond donors (Lipinski definition) is 2. The average molecular weight is 827 g/mol. The van der Waals surface area contributed by atoms with Gasteiger partial charge in [0.05, 0.1) is 11.1 Å². The Balaban J connectivity index is 0.000000786.